The summed E-state index contributed by atoms with van der Waals surface area (Å²) in [7, 11) is 0. The van der Waals surface area contributed by atoms with Crippen molar-refractivity contribution < 1.29 is 9.59 Å². The molecule has 112 valence electrons. The standard InChI is InChI=1S/C15H8Cl3NO2S/c16-15(17,18)22-10-7-6-9-12(14(21)19-13(9)20)11(10)8-4-2-1-3-5-8/h1-7H,(H,19,20,21). The third kappa shape index (κ3) is 2.97. The SMILES string of the molecule is O=C1NC(=O)c2c1ccc(SC(Cl)(Cl)Cl)c2-c1ccccc1. The van der Waals surface area contributed by atoms with E-state index in [0.717, 1.165) is 17.3 Å². The second-order valence-corrected chi connectivity index (χ2v) is 8.77. The van der Waals surface area contributed by atoms with Crippen LogP contribution in [0.2, 0.25) is 0 Å². The number of alkyl halides is 3. The van der Waals surface area contributed by atoms with Crippen LogP contribution in [0.5, 0.6) is 0 Å². The lowest BCUT2D eigenvalue weighted by molar-refractivity contribution is 0.0880. The highest BCUT2D eigenvalue weighted by molar-refractivity contribution is 8.04. The third-order valence-electron chi connectivity index (χ3n) is 3.15. The predicted octanol–water partition coefficient (Wildman–Crippen LogP) is 4.66. The zero-order valence-electron chi connectivity index (χ0n) is 10.9. The van der Waals surface area contributed by atoms with E-state index in [-0.39, 0.29) is 0 Å². The predicted molar refractivity (Wildman–Crippen MR) is 89.8 cm³/mol. The topological polar surface area (TPSA) is 46.2 Å². The maximum atomic E-state index is 12.1. The van der Waals surface area contributed by atoms with Gasteiger partial charge in [0.1, 0.15) is 0 Å². The summed E-state index contributed by atoms with van der Waals surface area (Å²) in [5.74, 6) is -0.853. The molecule has 2 aromatic rings. The molecule has 7 heteroatoms. The zero-order chi connectivity index (χ0) is 15.9. The first-order valence-corrected chi connectivity index (χ1v) is 8.16. The third-order valence-corrected chi connectivity index (χ3v) is 4.64. The summed E-state index contributed by atoms with van der Waals surface area (Å²) in [6.45, 7) is 0. The van der Waals surface area contributed by atoms with E-state index in [0.29, 0.717) is 21.6 Å². The van der Waals surface area contributed by atoms with Crippen molar-refractivity contribution >= 4 is 58.4 Å². The van der Waals surface area contributed by atoms with Gasteiger partial charge < -0.3 is 0 Å². The van der Waals surface area contributed by atoms with E-state index in [2.05, 4.69) is 5.32 Å². The molecular weight excluding hydrogens is 365 g/mol. The fourth-order valence-corrected chi connectivity index (χ4v) is 3.80. The molecule has 3 rings (SSSR count). The molecule has 1 aliphatic rings. The van der Waals surface area contributed by atoms with Crippen LogP contribution in [0.3, 0.4) is 0 Å². The van der Waals surface area contributed by atoms with Crippen LogP contribution < -0.4 is 5.32 Å². The number of carbonyl (C=O) groups is 2. The number of halogens is 3. The molecule has 0 radical (unpaired) electrons. The zero-order valence-corrected chi connectivity index (χ0v) is 14.0. The van der Waals surface area contributed by atoms with Crippen LogP contribution in [0, 0.1) is 0 Å². The Morgan fingerprint density at radius 2 is 1.55 bits per heavy atom. The smallest absolute Gasteiger partial charge is 0.259 e. The molecule has 0 saturated carbocycles. The van der Waals surface area contributed by atoms with Crippen molar-refractivity contribution in [3.8, 4) is 11.1 Å². The van der Waals surface area contributed by atoms with Gasteiger partial charge in [0.25, 0.3) is 11.8 Å². The van der Waals surface area contributed by atoms with E-state index >= 15 is 0 Å². The summed E-state index contributed by atoms with van der Waals surface area (Å²) in [5.41, 5.74) is 2.02. The molecule has 0 spiro atoms. The number of hydrogen-bond donors (Lipinski definition) is 1. The highest BCUT2D eigenvalue weighted by atomic mass is 35.6. The van der Waals surface area contributed by atoms with Crippen molar-refractivity contribution in [2.75, 3.05) is 0 Å². The minimum atomic E-state index is -1.57. The summed E-state index contributed by atoms with van der Waals surface area (Å²) in [6.07, 6.45) is 0. The van der Waals surface area contributed by atoms with Crippen LogP contribution in [0.15, 0.2) is 47.4 Å². The van der Waals surface area contributed by atoms with Gasteiger partial charge in [-0.2, -0.15) is 0 Å². The molecule has 0 aliphatic carbocycles. The van der Waals surface area contributed by atoms with Gasteiger partial charge in [0, 0.05) is 10.5 Å². The van der Waals surface area contributed by atoms with E-state index in [1.165, 1.54) is 0 Å². The summed E-state index contributed by atoms with van der Waals surface area (Å²) in [4.78, 5) is 24.6. The van der Waals surface area contributed by atoms with Crippen LogP contribution in [0.25, 0.3) is 11.1 Å². The summed E-state index contributed by atoms with van der Waals surface area (Å²) < 4.78 is -1.57. The lowest BCUT2D eigenvalue weighted by Gasteiger charge is -2.16. The Bertz CT molecular complexity index is 772. The Balaban J connectivity index is 2.27. The Morgan fingerprint density at radius 1 is 0.864 bits per heavy atom. The Morgan fingerprint density at radius 3 is 2.18 bits per heavy atom. The molecule has 2 aromatic carbocycles. The second kappa shape index (κ2) is 5.78. The van der Waals surface area contributed by atoms with E-state index in [9.17, 15) is 9.59 Å². The normalized spacial score (nSPS) is 14.0. The van der Waals surface area contributed by atoms with Crippen molar-refractivity contribution in [2.24, 2.45) is 0 Å². The summed E-state index contributed by atoms with van der Waals surface area (Å²) in [6, 6.07) is 12.5. The molecule has 22 heavy (non-hydrogen) atoms. The summed E-state index contributed by atoms with van der Waals surface area (Å²) >= 11 is 18.6. The van der Waals surface area contributed by atoms with Gasteiger partial charge >= 0.3 is 0 Å². The number of thioether (sulfide) groups is 1. The van der Waals surface area contributed by atoms with Crippen molar-refractivity contribution in [3.63, 3.8) is 0 Å². The van der Waals surface area contributed by atoms with E-state index < -0.39 is 14.9 Å². The first kappa shape index (κ1) is 15.7. The molecule has 0 atom stereocenters. The van der Waals surface area contributed by atoms with Gasteiger partial charge in [0.15, 0.2) is 0 Å². The Hall–Kier alpha value is -1.20. The Kier molecular flexibility index (Phi) is 4.12. The quantitative estimate of drug-likeness (QED) is 0.474. The molecule has 0 fully saturated rings. The van der Waals surface area contributed by atoms with Crippen molar-refractivity contribution in [3.05, 3.63) is 53.6 Å². The molecule has 1 N–H and O–H groups in total. The molecule has 3 nitrogen and oxygen atoms in total. The highest BCUT2D eigenvalue weighted by Crippen LogP contribution is 2.48. The van der Waals surface area contributed by atoms with Crippen LogP contribution in [0.1, 0.15) is 20.7 Å². The van der Waals surface area contributed by atoms with E-state index in [1.54, 1.807) is 12.1 Å². The van der Waals surface area contributed by atoms with Gasteiger partial charge in [0.2, 0.25) is 3.12 Å². The van der Waals surface area contributed by atoms with Crippen LogP contribution >= 0.6 is 46.6 Å². The Labute approximate surface area is 145 Å². The highest BCUT2D eigenvalue weighted by Gasteiger charge is 2.33. The van der Waals surface area contributed by atoms with E-state index in [1.807, 2.05) is 30.3 Å². The number of nitrogens with one attached hydrogen (secondary N) is 1. The monoisotopic (exact) mass is 371 g/mol. The number of amides is 2. The largest absolute Gasteiger partial charge is 0.288 e. The first-order valence-electron chi connectivity index (χ1n) is 6.20. The second-order valence-electron chi connectivity index (χ2n) is 4.56. The number of fused-ring (bicyclic) bond motifs is 1. The van der Waals surface area contributed by atoms with Crippen molar-refractivity contribution in [1.29, 1.82) is 0 Å². The lowest BCUT2D eigenvalue weighted by atomic mass is 9.96. The molecule has 1 heterocycles. The van der Waals surface area contributed by atoms with Crippen molar-refractivity contribution in [2.45, 2.75) is 8.02 Å². The van der Waals surface area contributed by atoms with Gasteiger partial charge in [-0.05, 0) is 17.7 Å². The minimum absolute atomic E-state index is 0.315. The number of carbonyl (C=O) groups excluding carboxylic acids is 2. The van der Waals surface area contributed by atoms with E-state index in [4.69, 9.17) is 34.8 Å². The fourth-order valence-electron chi connectivity index (χ4n) is 2.34. The van der Waals surface area contributed by atoms with Crippen molar-refractivity contribution in [1.82, 2.24) is 5.32 Å². The number of imide groups is 1. The molecule has 0 aromatic heterocycles. The van der Waals surface area contributed by atoms with Crippen LogP contribution in [-0.4, -0.2) is 14.9 Å². The van der Waals surface area contributed by atoms with Gasteiger partial charge in [-0.3, -0.25) is 14.9 Å². The summed E-state index contributed by atoms with van der Waals surface area (Å²) in [5, 5.41) is 2.30. The van der Waals surface area contributed by atoms with Gasteiger partial charge in [-0.1, -0.05) is 76.9 Å². The van der Waals surface area contributed by atoms with Gasteiger partial charge in [0.05, 0.1) is 11.1 Å². The minimum Gasteiger partial charge on any atom is -0.288 e. The van der Waals surface area contributed by atoms with Gasteiger partial charge in [-0.25, -0.2) is 0 Å². The maximum absolute atomic E-state index is 12.1. The first-order chi connectivity index (χ1) is 10.4. The van der Waals surface area contributed by atoms with Crippen LogP contribution in [-0.2, 0) is 0 Å². The lowest BCUT2D eigenvalue weighted by Crippen LogP contribution is -2.20. The average Bonchev–Trinajstić information content (AvgIpc) is 2.73. The maximum Gasteiger partial charge on any atom is 0.259 e. The number of hydrogen-bond acceptors (Lipinski definition) is 3. The molecule has 1 aliphatic heterocycles. The molecule has 0 bridgehead atoms. The number of benzene rings is 2. The molecule has 0 unspecified atom stereocenters. The van der Waals surface area contributed by atoms with Gasteiger partial charge in [-0.15, -0.1) is 0 Å². The molecule has 2 amide bonds. The molecular formula is C15H8Cl3NO2S. The number of rotatable bonds is 2. The average molecular weight is 373 g/mol. The van der Waals surface area contributed by atoms with Crippen LogP contribution in [0.4, 0.5) is 0 Å². The fraction of sp³-hybridized carbons (Fsp3) is 0.0667. The molecule has 0 saturated heterocycles.